The van der Waals surface area contributed by atoms with Gasteiger partial charge >= 0.3 is 0 Å². The quantitative estimate of drug-likeness (QED) is 0.298. The van der Waals surface area contributed by atoms with Crippen LogP contribution in [0.3, 0.4) is 0 Å². The van der Waals surface area contributed by atoms with Gasteiger partial charge in [0.2, 0.25) is 17.7 Å². The van der Waals surface area contributed by atoms with Crippen molar-refractivity contribution < 1.29 is 14.4 Å². The number of anilines is 1. The average molecular weight is 484 g/mol. The molecule has 7 heteroatoms. The first kappa shape index (κ1) is 25.1. The SMILES string of the molecule is CC(C)(C(N)=O)[C@H](NC(=O)[CH]CCCc1ccc2c(c1)Cc1ccccc1-2)C(=O)Nc1ccncc1. The lowest BCUT2D eigenvalue weighted by atomic mass is 9.82. The predicted molar refractivity (Wildman–Crippen MR) is 140 cm³/mol. The van der Waals surface area contributed by atoms with E-state index in [4.69, 9.17) is 5.73 Å². The summed E-state index contributed by atoms with van der Waals surface area (Å²) in [5, 5.41) is 5.39. The Morgan fingerprint density at radius 3 is 2.50 bits per heavy atom. The number of fused-ring (bicyclic) bond motifs is 3. The number of primary amides is 1. The minimum atomic E-state index is -1.29. The number of unbranched alkanes of at least 4 members (excludes halogenated alkanes) is 1. The van der Waals surface area contributed by atoms with Crippen molar-refractivity contribution in [3.8, 4) is 11.1 Å². The Bertz CT molecular complexity index is 1270. The van der Waals surface area contributed by atoms with E-state index in [1.807, 2.05) is 0 Å². The molecule has 36 heavy (non-hydrogen) atoms. The Labute approximate surface area is 211 Å². The van der Waals surface area contributed by atoms with Crippen molar-refractivity contribution in [2.75, 3.05) is 5.32 Å². The number of rotatable bonds is 10. The van der Waals surface area contributed by atoms with Gasteiger partial charge in [-0.1, -0.05) is 42.5 Å². The van der Waals surface area contributed by atoms with Gasteiger partial charge in [-0.25, -0.2) is 0 Å². The lowest BCUT2D eigenvalue weighted by Crippen LogP contribution is -2.57. The van der Waals surface area contributed by atoms with Gasteiger partial charge in [0.05, 0.1) is 5.41 Å². The summed E-state index contributed by atoms with van der Waals surface area (Å²) in [7, 11) is 0. The number of aryl methyl sites for hydroxylation is 1. The number of carbonyl (C=O) groups is 3. The van der Waals surface area contributed by atoms with Crippen LogP contribution < -0.4 is 16.4 Å². The van der Waals surface area contributed by atoms with E-state index in [1.54, 1.807) is 26.0 Å². The smallest absolute Gasteiger partial charge is 0.248 e. The van der Waals surface area contributed by atoms with Gasteiger partial charge in [0, 0.05) is 24.5 Å². The molecule has 1 aromatic heterocycles. The van der Waals surface area contributed by atoms with Crippen LogP contribution in [-0.2, 0) is 27.2 Å². The molecular formula is C29H31N4O3. The number of amides is 3. The summed E-state index contributed by atoms with van der Waals surface area (Å²) >= 11 is 0. The van der Waals surface area contributed by atoms with Gasteiger partial charge in [0.25, 0.3) is 0 Å². The molecule has 7 nitrogen and oxygen atoms in total. The highest BCUT2D eigenvalue weighted by molar-refractivity contribution is 6.02. The maximum Gasteiger partial charge on any atom is 0.248 e. The third-order valence-corrected chi connectivity index (χ3v) is 6.71. The molecule has 3 amide bonds. The molecule has 0 spiro atoms. The normalized spacial score (nSPS) is 12.8. The zero-order chi connectivity index (χ0) is 25.7. The van der Waals surface area contributed by atoms with E-state index in [-0.39, 0.29) is 0 Å². The molecule has 0 saturated heterocycles. The van der Waals surface area contributed by atoms with Crippen LogP contribution >= 0.6 is 0 Å². The van der Waals surface area contributed by atoms with Crippen molar-refractivity contribution in [2.24, 2.45) is 11.1 Å². The lowest BCUT2D eigenvalue weighted by molar-refractivity contribution is -0.135. The van der Waals surface area contributed by atoms with Crippen molar-refractivity contribution in [3.63, 3.8) is 0 Å². The van der Waals surface area contributed by atoms with Crippen LogP contribution in [0.5, 0.6) is 0 Å². The second-order valence-electron chi connectivity index (χ2n) is 9.67. The number of nitrogens with zero attached hydrogens (tertiary/aromatic N) is 1. The molecule has 4 N–H and O–H groups in total. The number of hydrogen-bond donors (Lipinski definition) is 3. The summed E-state index contributed by atoms with van der Waals surface area (Å²) in [5.74, 6) is -1.62. The summed E-state index contributed by atoms with van der Waals surface area (Å²) in [4.78, 5) is 41.5. The molecule has 1 atom stereocenters. The van der Waals surface area contributed by atoms with E-state index in [0.29, 0.717) is 12.1 Å². The largest absolute Gasteiger partial charge is 0.369 e. The Morgan fingerprint density at radius 1 is 1.03 bits per heavy atom. The van der Waals surface area contributed by atoms with E-state index in [1.165, 1.54) is 46.6 Å². The number of hydrogen-bond acceptors (Lipinski definition) is 4. The van der Waals surface area contributed by atoms with Crippen molar-refractivity contribution in [1.29, 1.82) is 0 Å². The molecule has 1 heterocycles. The minimum absolute atomic E-state index is 0.413. The third-order valence-electron chi connectivity index (χ3n) is 6.71. The lowest BCUT2D eigenvalue weighted by Gasteiger charge is -2.31. The Morgan fingerprint density at radius 2 is 1.75 bits per heavy atom. The van der Waals surface area contributed by atoms with E-state index in [9.17, 15) is 14.4 Å². The molecular weight excluding hydrogens is 452 g/mol. The fourth-order valence-corrected chi connectivity index (χ4v) is 4.46. The molecule has 4 rings (SSSR count). The number of nitrogens with one attached hydrogen (secondary N) is 2. The number of pyridine rings is 1. The Balaban J connectivity index is 1.30. The van der Waals surface area contributed by atoms with Crippen molar-refractivity contribution in [2.45, 2.75) is 45.6 Å². The highest BCUT2D eigenvalue weighted by Gasteiger charge is 2.41. The maximum atomic E-state index is 12.9. The molecule has 0 fully saturated rings. The highest BCUT2D eigenvalue weighted by atomic mass is 16.2. The molecule has 185 valence electrons. The summed E-state index contributed by atoms with van der Waals surface area (Å²) in [5.41, 5.74) is 11.3. The predicted octanol–water partition coefficient (Wildman–Crippen LogP) is 3.81. The highest BCUT2D eigenvalue weighted by Crippen LogP contribution is 2.36. The molecule has 1 radical (unpaired) electrons. The summed E-state index contributed by atoms with van der Waals surface area (Å²) < 4.78 is 0. The number of benzene rings is 2. The van der Waals surface area contributed by atoms with E-state index >= 15 is 0 Å². The van der Waals surface area contributed by atoms with Crippen molar-refractivity contribution in [3.05, 3.63) is 90.1 Å². The van der Waals surface area contributed by atoms with Crippen LogP contribution in [0, 0.1) is 11.8 Å². The number of nitrogens with two attached hydrogens (primary N) is 1. The Hall–Kier alpha value is -4.00. The van der Waals surface area contributed by atoms with Gasteiger partial charge in [-0.05, 0) is 79.5 Å². The third kappa shape index (κ3) is 5.62. The fourth-order valence-electron chi connectivity index (χ4n) is 4.46. The van der Waals surface area contributed by atoms with Crippen LogP contribution in [-0.4, -0.2) is 28.7 Å². The van der Waals surface area contributed by atoms with Crippen LogP contribution in [0.4, 0.5) is 5.69 Å². The molecule has 2 aromatic carbocycles. The minimum Gasteiger partial charge on any atom is -0.369 e. The van der Waals surface area contributed by atoms with Crippen LogP contribution in [0.25, 0.3) is 11.1 Å². The van der Waals surface area contributed by atoms with Crippen molar-refractivity contribution in [1.82, 2.24) is 10.3 Å². The molecule has 1 aliphatic carbocycles. The van der Waals surface area contributed by atoms with Gasteiger partial charge < -0.3 is 16.4 Å². The van der Waals surface area contributed by atoms with Crippen LogP contribution in [0.1, 0.15) is 43.4 Å². The van der Waals surface area contributed by atoms with Gasteiger partial charge in [0.1, 0.15) is 6.04 Å². The topological polar surface area (TPSA) is 114 Å². The first-order valence-electron chi connectivity index (χ1n) is 12.1. The average Bonchev–Trinajstić information content (AvgIpc) is 3.23. The first-order valence-corrected chi connectivity index (χ1v) is 12.1. The summed E-state index contributed by atoms with van der Waals surface area (Å²) in [6.45, 7) is 3.08. The van der Waals surface area contributed by atoms with E-state index in [0.717, 1.165) is 19.3 Å². The number of aromatic nitrogens is 1. The van der Waals surface area contributed by atoms with Crippen LogP contribution in [0.2, 0.25) is 0 Å². The molecule has 3 aromatic rings. The maximum absolute atomic E-state index is 12.9. The van der Waals surface area contributed by atoms with Crippen molar-refractivity contribution >= 4 is 23.4 Å². The van der Waals surface area contributed by atoms with Gasteiger partial charge in [-0.2, -0.15) is 0 Å². The molecule has 0 saturated carbocycles. The standard InChI is InChI=1S/C29H31N4O3/c1-29(2,28(30)36)26(27(35)32-22-13-15-31-16-14-22)33-25(34)10-6-3-7-19-11-12-24-21(17-19)18-20-8-4-5-9-23(20)24/h4-5,8-17,26H,3,6-7,18H2,1-2H3,(H2,30,36)(H,33,34)(H,31,32,35)/t26-/m1/s1. The summed E-state index contributed by atoms with van der Waals surface area (Å²) in [6, 6.07) is 17.2. The van der Waals surface area contributed by atoms with Gasteiger partial charge in [-0.15, -0.1) is 0 Å². The molecule has 1 aliphatic rings. The number of carbonyl (C=O) groups excluding carboxylic acids is 3. The second kappa shape index (κ2) is 10.7. The molecule has 0 unspecified atom stereocenters. The Kier molecular flexibility index (Phi) is 7.48. The first-order chi connectivity index (χ1) is 17.3. The second-order valence-corrected chi connectivity index (χ2v) is 9.67. The fraction of sp³-hybridized carbons (Fsp3) is 0.276. The monoisotopic (exact) mass is 483 g/mol. The zero-order valence-corrected chi connectivity index (χ0v) is 20.6. The van der Waals surface area contributed by atoms with Gasteiger partial charge in [0.15, 0.2) is 0 Å². The summed E-state index contributed by atoms with van der Waals surface area (Å²) in [6.07, 6.45) is 7.71. The van der Waals surface area contributed by atoms with E-state index in [2.05, 4.69) is 58.1 Å². The van der Waals surface area contributed by atoms with Crippen LogP contribution in [0.15, 0.2) is 67.0 Å². The zero-order valence-electron chi connectivity index (χ0n) is 20.6. The van der Waals surface area contributed by atoms with Gasteiger partial charge in [-0.3, -0.25) is 19.4 Å². The van der Waals surface area contributed by atoms with E-state index < -0.39 is 29.2 Å². The molecule has 0 bridgehead atoms. The molecule has 0 aliphatic heterocycles.